The number of imide groups is 1. The number of anilines is 1. The van der Waals surface area contributed by atoms with E-state index in [2.05, 4.69) is 6.07 Å². The van der Waals surface area contributed by atoms with Crippen molar-refractivity contribution in [3.8, 4) is 12.0 Å². The Balaban J connectivity index is 1.20. The lowest BCUT2D eigenvalue weighted by molar-refractivity contribution is -0.131. The van der Waals surface area contributed by atoms with E-state index < -0.39 is 23.0 Å². The van der Waals surface area contributed by atoms with E-state index in [1.165, 1.54) is 4.90 Å². The molecule has 184 valence electrons. The largest absolute Gasteiger partial charge is 0.465 e. The normalized spacial score (nSPS) is 28.3. The smallest absolute Gasteiger partial charge is 0.285 e. The summed E-state index contributed by atoms with van der Waals surface area (Å²) in [5, 5.41) is 11.9. The first kappa shape index (κ1) is 22.1. The lowest BCUT2D eigenvalue weighted by Gasteiger charge is -2.31. The minimum Gasteiger partial charge on any atom is -0.465 e. The molecule has 4 heterocycles. The molecule has 4 aromatic rings. The van der Waals surface area contributed by atoms with Crippen LogP contribution in [0.1, 0.15) is 31.7 Å². The Kier molecular flexibility index (Phi) is 4.58. The molecule has 0 aliphatic carbocycles. The quantitative estimate of drug-likeness (QED) is 0.349. The first-order valence-corrected chi connectivity index (χ1v) is 12.6. The number of ether oxygens (including phenoxy) is 2. The number of para-hydroxylation sites is 1. The van der Waals surface area contributed by atoms with Crippen molar-refractivity contribution in [2.45, 2.75) is 37.4 Å². The molecule has 37 heavy (non-hydrogen) atoms. The third-order valence-corrected chi connectivity index (χ3v) is 8.45. The second-order valence-electron chi connectivity index (χ2n) is 10.4. The molecule has 3 fully saturated rings. The van der Waals surface area contributed by atoms with E-state index in [1.807, 2.05) is 61.5 Å². The van der Waals surface area contributed by atoms with Gasteiger partial charge in [0.1, 0.15) is 5.58 Å². The molecule has 0 spiro atoms. The lowest BCUT2D eigenvalue weighted by Crippen LogP contribution is -2.43. The van der Waals surface area contributed by atoms with Gasteiger partial charge in [0.2, 0.25) is 11.8 Å². The van der Waals surface area contributed by atoms with Gasteiger partial charge < -0.3 is 13.9 Å². The van der Waals surface area contributed by atoms with Gasteiger partial charge in [0.25, 0.3) is 5.95 Å². The molecule has 0 saturated carbocycles. The summed E-state index contributed by atoms with van der Waals surface area (Å²) in [4.78, 5) is 29.2. The molecule has 0 N–H and O–H groups in total. The molecule has 1 aromatic heterocycles. The highest BCUT2D eigenvalue weighted by molar-refractivity contribution is 6.26. The average Bonchev–Trinajstić information content (AvgIpc) is 3.61. The van der Waals surface area contributed by atoms with Crippen molar-refractivity contribution in [1.29, 1.82) is 5.26 Å². The van der Waals surface area contributed by atoms with Crippen molar-refractivity contribution in [2.24, 2.45) is 11.8 Å². The molecule has 0 radical (unpaired) electrons. The maximum absolute atomic E-state index is 14.0. The Hall–Kier alpha value is -4.15. The SMILES string of the molecule is CC12CCC(CCOc3cc4ccccc4o3)(O1)C1C(=O)N(c3ccc(C#N)c4ccccc34)C(=O)C12. The number of carbonyl (C=O) groups excluding carboxylic acids is 2. The Morgan fingerprint density at radius 3 is 2.57 bits per heavy atom. The van der Waals surface area contributed by atoms with E-state index in [9.17, 15) is 14.9 Å². The van der Waals surface area contributed by atoms with Gasteiger partial charge in [-0.1, -0.05) is 42.5 Å². The predicted molar refractivity (Wildman–Crippen MR) is 136 cm³/mol. The number of rotatable bonds is 5. The number of carbonyl (C=O) groups is 2. The summed E-state index contributed by atoms with van der Waals surface area (Å²) in [5.74, 6) is -1.17. The summed E-state index contributed by atoms with van der Waals surface area (Å²) in [5.41, 5.74) is 0.315. The van der Waals surface area contributed by atoms with Gasteiger partial charge in [-0.15, -0.1) is 0 Å². The van der Waals surface area contributed by atoms with E-state index in [4.69, 9.17) is 13.9 Å². The topological polar surface area (TPSA) is 92.8 Å². The standard InChI is InChI=1S/C30H24N2O5/c1-29-12-13-30(37-29,14-15-35-24-16-18-6-2-5-9-23(18)36-24)26-25(29)27(33)32(28(26)34)22-11-10-19(17-31)20-7-3-4-8-21(20)22/h2-11,16,25-26H,12-15H2,1H3. The van der Waals surface area contributed by atoms with E-state index in [-0.39, 0.29) is 11.8 Å². The van der Waals surface area contributed by atoms with E-state index in [1.54, 1.807) is 12.1 Å². The van der Waals surface area contributed by atoms with Crippen molar-refractivity contribution >= 4 is 39.2 Å². The summed E-state index contributed by atoms with van der Waals surface area (Å²) < 4.78 is 18.3. The molecule has 3 aromatic carbocycles. The summed E-state index contributed by atoms with van der Waals surface area (Å²) in [6.07, 6.45) is 1.87. The van der Waals surface area contributed by atoms with Crippen molar-refractivity contribution in [1.82, 2.24) is 0 Å². The van der Waals surface area contributed by atoms with Crippen molar-refractivity contribution in [2.75, 3.05) is 11.5 Å². The summed E-state index contributed by atoms with van der Waals surface area (Å²) in [6.45, 7) is 2.26. The molecule has 2 bridgehead atoms. The van der Waals surface area contributed by atoms with Crippen LogP contribution in [-0.4, -0.2) is 29.6 Å². The van der Waals surface area contributed by atoms with Crippen LogP contribution < -0.4 is 9.64 Å². The Labute approximate surface area is 213 Å². The van der Waals surface area contributed by atoms with Gasteiger partial charge in [0.15, 0.2) is 0 Å². The molecule has 4 unspecified atom stereocenters. The van der Waals surface area contributed by atoms with Crippen molar-refractivity contribution in [3.05, 3.63) is 72.3 Å². The zero-order valence-electron chi connectivity index (χ0n) is 20.3. The molecule has 3 aliphatic heterocycles. The molecular formula is C30H24N2O5. The van der Waals surface area contributed by atoms with Gasteiger partial charge in [-0.3, -0.25) is 9.59 Å². The number of amides is 2. The summed E-state index contributed by atoms with van der Waals surface area (Å²) >= 11 is 0. The zero-order chi connectivity index (χ0) is 25.4. The molecule has 4 atom stereocenters. The van der Waals surface area contributed by atoms with E-state index in [0.29, 0.717) is 48.5 Å². The van der Waals surface area contributed by atoms with Gasteiger partial charge in [-0.25, -0.2) is 4.90 Å². The third kappa shape index (κ3) is 3.03. The zero-order valence-corrected chi connectivity index (χ0v) is 20.3. The lowest BCUT2D eigenvalue weighted by atomic mass is 9.67. The Bertz CT molecular complexity index is 1620. The van der Waals surface area contributed by atoms with Crippen LogP contribution in [-0.2, 0) is 14.3 Å². The highest BCUT2D eigenvalue weighted by Gasteiger charge is 2.73. The fraction of sp³-hybridized carbons (Fsp3) is 0.300. The number of fused-ring (bicyclic) bond motifs is 7. The average molecular weight is 493 g/mol. The first-order chi connectivity index (χ1) is 17.9. The second-order valence-corrected chi connectivity index (χ2v) is 10.4. The number of hydrogen-bond donors (Lipinski definition) is 0. The number of nitriles is 1. The molecule has 7 heteroatoms. The van der Waals surface area contributed by atoms with Gasteiger partial charge in [-0.2, -0.15) is 5.26 Å². The number of furan rings is 1. The van der Waals surface area contributed by atoms with Crippen molar-refractivity contribution < 1.29 is 23.5 Å². The monoisotopic (exact) mass is 492 g/mol. The van der Waals surface area contributed by atoms with E-state index in [0.717, 1.165) is 16.4 Å². The van der Waals surface area contributed by atoms with Gasteiger partial charge in [0, 0.05) is 28.6 Å². The predicted octanol–water partition coefficient (Wildman–Crippen LogP) is 5.35. The minimum absolute atomic E-state index is 0.230. The second kappa shape index (κ2) is 7.67. The van der Waals surface area contributed by atoms with Crippen LogP contribution in [0.4, 0.5) is 5.69 Å². The Morgan fingerprint density at radius 2 is 1.76 bits per heavy atom. The van der Waals surface area contributed by atoms with Crippen LogP contribution in [0.5, 0.6) is 5.95 Å². The summed E-state index contributed by atoms with van der Waals surface area (Å²) in [6, 6.07) is 22.5. The van der Waals surface area contributed by atoms with Gasteiger partial charge >= 0.3 is 0 Å². The van der Waals surface area contributed by atoms with Gasteiger partial charge in [-0.05, 0) is 38.0 Å². The van der Waals surface area contributed by atoms with Crippen molar-refractivity contribution in [3.63, 3.8) is 0 Å². The highest BCUT2D eigenvalue weighted by Crippen LogP contribution is 2.62. The molecule has 2 amide bonds. The molecule has 7 rings (SSSR count). The van der Waals surface area contributed by atoms with Crippen LogP contribution in [0.2, 0.25) is 0 Å². The van der Waals surface area contributed by atoms with Crippen LogP contribution in [0.3, 0.4) is 0 Å². The van der Waals surface area contributed by atoms with Crippen LogP contribution in [0.15, 0.2) is 71.1 Å². The van der Waals surface area contributed by atoms with Gasteiger partial charge in [0.05, 0.1) is 47.0 Å². The minimum atomic E-state index is -0.769. The Morgan fingerprint density at radius 1 is 1.00 bits per heavy atom. The molecule has 7 nitrogen and oxygen atoms in total. The van der Waals surface area contributed by atoms with Crippen LogP contribution in [0.25, 0.3) is 21.7 Å². The van der Waals surface area contributed by atoms with Crippen LogP contribution in [0, 0.1) is 23.2 Å². The summed E-state index contributed by atoms with van der Waals surface area (Å²) in [7, 11) is 0. The maximum Gasteiger partial charge on any atom is 0.285 e. The number of benzene rings is 3. The molecule has 3 aliphatic rings. The third-order valence-electron chi connectivity index (χ3n) is 8.45. The molecular weight excluding hydrogens is 468 g/mol. The maximum atomic E-state index is 14.0. The van der Waals surface area contributed by atoms with Crippen LogP contribution >= 0.6 is 0 Å². The molecule has 3 saturated heterocycles. The highest BCUT2D eigenvalue weighted by atomic mass is 16.6. The number of nitrogens with zero attached hydrogens (tertiary/aromatic N) is 2. The fourth-order valence-corrected chi connectivity index (χ4v) is 6.78. The fourth-order valence-electron chi connectivity index (χ4n) is 6.78. The van der Waals surface area contributed by atoms with E-state index >= 15 is 0 Å². The first-order valence-electron chi connectivity index (χ1n) is 12.6. The number of hydrogen-bond acceptors (Lipinski definition) is 6.